The number of aromatic nitrogens is 2. The molecule has 4 rings (SSSR count). The summed E-state index contributed by atoms with van der Waals surface area (Å²) in [6.07, 6.45) is 1.25. The van der Waals surface area contributed by atoms with Crippen LogP contribution in [0.25, 0.3) is 11.1 Å². The predicted octanol–water partition coefficient (Wildman–Crippen LogP) is 4.26. The number of benzene rings is 2. The van der Waals surface area contributed by atoms with Crippen LogP contribution < -0.4 is 10.0 Å². The molecule has 0 atom stereocenters. The third-order valence-electron chi connectivity index (χ3n) is 5.44. The number of carbonyl (C=O) groups excluding carboxylic acids is 2. The van der Waals surface area contributed by atoms with Crippen LogP contribution in [0, 0.1) is 18.6 Å². The van der Waals surface area contributed by atoms with Crippen molar-refractivity contribution in [3.05, 3.63) is 59.3 Å². The number of amides is 1. The number of hydrogen-bond acceptors (Lipinski definition) is 5. The van der Waals surface area contributed by atoms with Crippen LogP contribution in [0.15, 0.2) is 41.3 Å². The largest absolute Gasteiger partial charge is 0.310 e. The lowest BCUT2D eigenvalue weighted by Crippen LogP contribution is -2.15. The summed E-state index contributed by atoms with van der Waals surface area (Å²) in [6, 6.07) is 7.39. The fourth-order valence-electron chi connectivity index (χ4n) is 3.81. The van der Waals surface area contributed by atoms with Crippen LogP contribution in [0.2, 0.25) is 0 Å². The van der Waals surface area contributed by atoms with Crippen molar-refractivity contribution < 1.29 is 26.8 Å². The minimum absolute atomic E-state index is 0.0111. The molecule has 8 nitrogen and oxygen atoms in total. The van der Waals surface area contributed by atoms with Gasteiger partial charge in [0.25, 0.3) is 10.0 Å². The summed E-state index contributed by atoms with van der Waals surface area (Å²) in [5, 5.41) is 7.12. The van der Waals surface area contributed by atoms with E-state index in [-0.39, 0.29) is 41.1 Å². The van der Waals surface area contributed by atoms with Crippen LogP contribution in [-0.4, -0.2) is 30.0 Å². The molecule has 11 heteroatoms. The van der Waals surface area contributed by atoms with Gasteiger partial charge in [-0.3, -0.25) is 14.3 Å². The number of nitrogens with zero attached hydrogens (tertiary/aromatic N) is 2. The van der Waals surface area contributed by atoms with Crippen molar-refractivity contribution in [3.8, 4) is 11.1 Å². The van der Waals surface area contributed by atoms with Crippen molar-refractivity contribution >= 4 is 33.3 Å². The van der Waals surface area contributed by atoms with Gasteiger partial charge in [0, 0.05) is 24.5 Å². The van der Waals surface area contributed by atoms with Gasteiger partial charge in [-0.2, -0.15) is 9.78 Å². The molecule has 0 saturated carbocycles. The lowest BCUT2D eigenvalue weighted by atomic mass is 10.0. The Kier molecular flexibility index (Phi) is 6.22. The summed E-state index contributed by atoms with van der Waals surface area (Å²) in [5.41, 5.74) is 1.74. The zero-order chi connectivity index (χ0) is 24.6. The Balaban J connectivity index is 1.83. The first kappa shape index (κ1) is 23.6. The van der Waals surface area contributed by atoms with Gasteiger partial charge in [0.15, 0.2) is 11.6 Å². The summed E-state index contributed by atoms with van der Waals surface area (Å²) < 4.78 is 56.5. The Morgan fingerprint density at radius 2 is 1.85 bits per heavy atom. The van der Waals surface area contributed by atoms with Crippen molar-refractivity contribution in [2.75, 3.05) is 10.0 Å². The minimum atomic E-state index is -4.18. The third-order valence-corrected chi connectivity index (χ3v) is 6.97. The van der Waals surface area contributed by atoms with Crippen LogP contribution in [0.5, 0.6) is 0 Å². The third kappa shape index (κ3) is 4.43. The fourth-order valence-corrected chi connectivity index (χ4v) is 5.13. The van der Waals surface area contributed by atoms with Crippen molar-refractivity contribution in [1.82, 2.24) is 9.78 Å². The van der Waals surface area contributed by atoms with E-state index in [9.17, 15) is 26.8 Å². The molecule has 2 aromatic carbocycles. The maximum absolute atomic E-state index is 13.6. The average molecular weight is 489 g/mol. The van der Waals surface area contributed by atoms with E-state index < -0.39 is 21.7 Å². The molecule has 0 fully saturated rings. The van der Waals surface area contributed by atoms with E-state index in [1.54, 1.807) is 19.1 Å². The molecule has 0 unspecified atom stereocenters. The minimum Gasteiger partial charge on any atom is -0.310 e. The number of aryl methyl sites for hydroxylation is 2. The summed E-state index contributed by atoms with van der Waals surface area (Å²) >= 11 is 0. The molecule has 2 N–H and O–H groups in total. The van der Waals surface area contributed by atoms with Crippen molar-refractivity contribution in [1.29, 1.82) is 0 Å². The zero-order valence-electron chi connectivity index (χ0n) is 18.5. The van der Waals surface area contributed by atoms with Gasteiger partial charge in [-0.05, 0) is 42.7 Å². The molecular formula is C23H22F2N4O4S. The van der Waals surface area contributed by atoms with Gasteiger partial charge in [0.05, 0.1) is 16.3 Å². The van der Waals surface area contributed by atoms with Crippen LogP contribution in [0.1, 0.15) is 42.2 Å². The van der Waals surface area contributed by atoms with E-state index in [1.165, 1.54) is 10.7 Å². The number of carbonyl (C=O) groups is 2. The molecule has 1 aliphatic heterocycles. The summed E-state index contributed by atoms with van der Waals surface area (Å²) in [7, 11) is -4.18. The van der Waals surface area contributed by atoms with Gasteiger partial charge >= 0.3 is 0 Å². The average Bonchev–Trinajstić information content (AvgIpc) is 3.06. The number of anilines is 2. The lowest BCUT2D eigenvalue weighted by Gasteiger charge is -2.13. The van der Waals surface area contributed by atoms with Gasteiger partial charge < -0.3 is 5.32 Å². The summed E-state index contributed by atoms with van der Waals surface area (Å²) in [4.78, 5) is 24.6. The number of sulfonamides is 1. The SMILES string of the molecule is CCCc1nn2c(c1-c1ccc(C)c(S(=O)(=O)Nc3ccc(F)c(F)c3)c1)NC(=O)CCC2=O. The van der Waals surface area contributed by atoms with Crippen LogP contribution in [-0.2, 0) is 21.2 Å². The van der Waals surface area contributed by atoms with Crippen molar-refractivity contribution in [2.45, 2.75) is 44.4 Å². The van der Waals surface area contributed by atoms with Crippen LogP contribution in [0.3, 0.4) is 0 Å². The van der Waals surface area contributed by atoms with E-state index in [1.807, 2.05) is 6.92 Å². The van der Waals surface area contributed by atoms with Gasteiger partial charge in [0.2, 0.25) is 11.8 Å². The second kappa shape index (κ2) is 8.98. The number of hydrogen-bond donors (Lipinski definition) is 2. The van der Waals surface area contributed by atoms with Crippen molar-refractivity contribution in [2.24, 2.45) is 0 Å². The number of fused-ring (bicyclic) bond motifs is 1. The molecule has 0 bridgehead atoms. The number of nitrogens with one attached hydrogen (secondary N) is 2. The molecule has 2 heterocycles. The first-order valence-corrected chi connectivity index (χ1v) is 12.1. The Bertz CT molecular complexity index is 1420. The molecule has 0 aliphatic carbocycles. The van der Waals surface area contributed by atoms with Crippen LogP contribution >= 0.6 is 0 Å². The topological polar surface area (TPSA) is 110 Å². The second-order valence-corrected chi connectivity index (χ2v) is 9.64. The quantitative estimate of drug-likeness (QED) is 0.539. The van der Waals surface area contributed by atoms with E-state index in [0.29, 0.717) is 35.2 Å². The molecule has 0 spiro atoms. The molecule has 34 heavy (non-hydrogen) atoms. The molecule has 3 aromatic rings. The molecule has 1 aromatic heterocycles. The Hall–Kier alpha value is -3.60. The van der Waals surface area contributed by atoms with Crippen LogP contribution in [0.4, 0.5) is 20.3 Å². The first-order valence-electron chi connectivity index (χ1n) is 10.6. The van der Waals surface area contributed by atoms with E-state index in [4.69, 9.17) is 0 Å². The summed E-state index contributed by atoms with van der Waals surface area (Å²) in [6.45, 7) is 3.53. The molecule has 1 amide bonds. The molecule has 178 valence electrons. The Morgan fingerprint density at radius 3 is 2.56 bits per heavy atom. The standard InChI is InChI=1S/C23H22F2N4O4S/c1-3-4-18-22(23-26-20(30)9-10-21(31)29(23)27-18)14-6-5-13(2)19(11-14)34(32,33)28-15-7-8-16(24)17(25)12-15/h5-8,11-12,28H,3-4,9-10H2,1-2H3,(H,26,30). The Labute approximate surface area is 195 Å². The zero-order valence-corrected chi connectivity index (χ0v) is 19.3. The lowest BCUT2D eigenvalue weighted by molar-refractivity contribution is -0.116. The van der Waals surface area contributed by atoms with Crippen molar-refractivity contribution in [3.63, 3.8) is 0 Å². The molecule has 1 aliphatic rings. The number of halogens is 2. The summed E-state index contributed by atoms with van der Waals surface area (Å²) in [5.74, 6) is -2.74. The van der Waals surface area contributed by atoms with E-state index in [2.05, 4.69) is 15.1 Å². The molecular weight excluding hydrogens is 466 g/mol. The van der Waals surface area contributed by atoms with Gasteiger partial charge in [-0.1, -0.05) is 25.5 Å². The first-order chi connectivity index (χ1) is 16.1. The normalized spacial score (nSPS) is 13.9. The monoisotopic (exact) mass is 488 g/mol. The van der Waals surface area contributed by atoms with Gasteiger partial charge in [0.1, 0.15) is 5.82 Å². The van der Waals surface area contributed by atoms with Gasteiger partial charge in [-0.15, -0.1) is 0 Å². The maximum Gasteiger partial charge on any atom is 0.262 e. The molecule has 0 saturated heterocycles. The predicted molar refractivity (Wildman–Crippen MR) is 122 cm³/mol. The molecule has 0 radical (unpaired) electrons. The second-order valence-electron chi connectivity index (χ2n) is 7.99. The number of rotatable bonds is 6. The highest BCUT2D eigenvalue weighted by Crippen LogP contribution is 2.36. The van der Waals surface area contributed by atoms with Gasteiger partial charge in [-0.25, -0.2) is 17.2 Å². The smallest absolute Gasteiger partial charge is 0.262 e. The van der Waals surface area contributed by atoms with E-state index >= 15 is 0 Å². The Morgan fingerprint density at radius 1 is 1.09 bits per heavy atom. The fraction of sp³-hybridized carbons (Fsp3) is 0.261. The van der Waals surface area contributed by atoms with E-state index in [0.717, 1.165) is 18.2 Å². The maximum atomic E-state index is 13.6. The highest BCUT2D eigenvalue weighted by Gasteiger charge is 2.28. The highest BCUT2D eigenvalue weighted by molar-refractivity contribution is 7.92. The highest BCUT2D eigenvalue weighted by atomic mass is 32.2.